The van der Waals surface area contributed by atoms with Gasteiger partial charge in [0.1, 0.15) is 17.6 Å². The van der Waals surface area contributed by atoms with Gasteiger partial charge in [-0.1, -0.05) is 24.3 Å². The average Bonchev–Trinajstić information content (AvgIpc) is 2.86. The second kappa shape index (κ2) is 9.73. The summed E-state index contributed by atoms with van der Waals surface area (Å²) in [5.74, 6) is -0.258. The fourth-order valence-electron chi connectivity index (χ4n) is 3.90. The molecule has 1 heterocycles. The molecule has 0 unspecified atom stereocenters. The molecule has 7 nitrogen and oxygen atoms in total. The first-order valence-corrected chi connectivity index (χ1v) is 12.3. The first-order chi connectivity index (χ1) is 17.0. The van der Waals surface area contributed by atoms with E-state index in [9.17, 15) is 26.4 Å². The summed E-state index contributed by atoms with van der Waals surface area (Å²) in [4.78, 5) is 10.5. The Balaban J connectivity index is 1.79. The number of carbonyl (C=O) groups is 1. The highest BCUT2D eigenvalue weighted by molar-refractivity contribution is 7.92. The van der Waals surface area contributed by atoms with Crippen LogP contribution < -0.4 is 13.8 Å². The molecule has 1 aliphatic heterocycles. The average molecular weight is 522 g/mol. The van der Waals surface area contributed by atoms with E-state index >= 15 is 0 Å². The number of ether oxygens (including phenoxy) is 2. The standard InChI is InChI=1S/C25H22F3NO6S/c1-34-19-8-5-16(6-9-19)17-7-11-23-22(13-17)29(15-20(35-23)10-12-24(30)31)36(32,33)21-4-2-3-18(14-21)25(26,27)28/h2-9,11,13-14,20H,10,12,15H2,1H3,(H,30,31)/t20-/m0/s1. The SMILES string of the molecule is COc1ccc(-c2ccc3c(c2)N(S(=O)(=O)c2cccc(C(F)(F)F)c2)C[C@H](CCC(=O)O)O3)cc1. The minimum absolute atomic E-state index is 0.0175. The zero-order chi connectivity index (χ0) is 26.1. The molecular formula is C25H22F3NO6S. The number of alkyl halides is 3. The number of fused-ring (bicyclic) bond motifs is 1. The largest absolute Gasteiger partial charge is 0.497 e. The molecule has 0 bridgehead atoms. The number of aliphatic carboxylic acids is 1. The van der Waals surface area contributed by atoms with Crippen molar-refractivity contribution in [1.82, 2.24) is 0 Å². The summed E-state index contributed by atoms with van der Waals surface area (Å²) in [5, 5.41) is 9.05. The van der Waals surface area contributed by atoms with Crippen LogP contribution >= 0.6 is 0 Å². The molecule has 1 N–H and O–H groups in total. The van der Waals surface area contributed by atoms with E-state index in [1.807, 2.05) is 0 Å². The van der Waals surface area contributed by atoms with Gasteiger partial charge in [0.05, 0.1) is 29.8 Å². The number of carboxylic acids is 1. The maximum atomic E-state index is 13.6. The second-order valence-electron chi connectivity index (χ2n) is 8.15. The highest BCUT2D eigenvalue weighted by Crippen LogP contribution is 2.41. The van der Waals surface area contributed by atoms with Crippen LogP contribution in [0.5, 0.6) is 11.5 Å². The lowest BCUT2D eigenvalue weighted by atomic mass is 10.0. The Morgan fingerprint density at radius 1 is 1.08 bits per heavy atom. The summed E-state index contributed by atoms with van der Waals surface area (Å²) in [6.45, 7) is -0.259. The van der Waals surface area contributed by atoms with Crippen molar-refractivity contribution < 1.29 is 41.0 Å². The van der Waals surface area contributed by atoms with Gasteiger partial charge in [-0.25, -0.2) is 8.42 Å². The number of methoxy groups -OCH3 is 1. The molecule has 0 radical (unpaired) electrons. The third kappa shape index (κ3) is 5.25. The van der Waals surface area contributed by atoms with Gasteiger partial charge in [-0.3, -0.25) is 9.10 Å². The molecule has 0 fully saturated rings. The van der Waals surface area contributed by atoms with E-state index in [0.29, 0.717) is 17.4 Å². The number of halogens is 3. The molecule has 0 saturated heterocycles. The Morgan fingerprint density at radius 2 is 1.78 bits per heavy atom. The number of hydrogen-bond donors (Lipinski definition) is 1. The van der Waals surface area contributed by atoms with Crippen LogP contribution in [0.4, 0.5) is 18.9 Å². The van der Waals surface area contributed by atoms with E-state index in [2.05, 4.69) is 0 Å². The van der Waals surface area contributed by atoms with E-state index in [-0.39, 0.29) is 30.8 Å². The van der Waals surface area contributed by atoms with Crippen molar-refractivity contribution in [2.24, 2.45) is 0 Å². The van der Waals surface area contributed by atoms with Gasteiger partial charge in [0.15, 0.2) is 0 Å². The van der Waals surface area contributed by atoms with Crippen LogP contribution in [0.15, 0.2) is 71.6 Å². The van der Waals surface area contributed by atoms with Gasteiger partial charge >= 0.3 is 12.1 Å². The summed E-state index contributed by atoms with van der Waals surface area (Å²) < 4.78 is 79.1. The number of anilines is 1. The third-order valence-corrected chi connectivity index (χ3v) is 7.52. The molecule has 0 saturated carbocycles. The maximum absolute atomic E-state index is 13.6. The van der Waals surface area contributed by atoms with Crippen molar-refractivity contribution in [3.63, 3.8) is 0 Å². The highest BCUT2D eigenvalue weighted by atomic mass is 32.2. The quantitative estimate of drug-likeness (QED) is 0.459. The fraction of sp³-hybridized carbons (Fsp3) is 0.240. The number of hydrogen-bond acceptors (Lipinski definition) is 5. The van der Waals surface area contributed by atoms with Crippen molar-refractivity contribution in [3.8, 4) is 22.6 Å². The van der Waals surface area contributed by atoms with Crippen LogP contribution in [0.1, 0.15) is 18.4 Å². The number of rotatable bonds is 7. The molecule has 0 aliphatic carbocycles. The van der Waals surface area contributed by atoms with Crippen LogP contribution in [0.2, 0.25) is 0 Å². The van der Waals surface area contributed by atoms with Crippen molar-refractivity contribution in [3.05, 3.63) is 72.3 Å². The van der Waals surface area contributed by atoms with Crippen LogP contribution in [0.25, 0.3) is 11.1 Å². The summed E-state index contributed by atoms with van der Waals surface area (Å²) in [6.07, 6.45) is -5.77. The van der Waals surface area contributed by atoms with Gasteiger partial charge in [-0.2, -0.15) is 13.2 Å². The molecule has 1 aliphatic rings. The molecule has 0 aromatic heterocycles. The Morgan fingerprint density at radius 3 is 2.42 bits per heavy atom. The summed E-state index contributed by atoms with van der Waals surface area (Å²) in [7, 11) is -2.92. The molecule has 36 heavy (non-hydrogen) atoms. The van der Waals surface area contributed by atoms with Gasteiger partial charge in [0.25, 0.3) is 10.0 Å². The number of carboxylic acid groups (broad SMARTS) is 1. The predicted octanol–water partition coefficient (Wildman–Crippen LogP) is 5.20. The number of nitrogens with zero attached hydrogens (tertiary/aromatic N) is 1. The van der Waals surface area contributed by atoms with Crippen molar-refractivity contribution in [2.75, 3.05) is 18.0 Å². The molecular weight excluding hydrogens is 499 g/mol. The molecule has 0 amide bonds. The Hall–Kier alpha value is -3.73. The summed E-state index contributed by atoms with van der Waals surface area (Å²) in [6, 6.07) is 15.4. The Kier molecular flexibility index (Phi) is 6.85. The number of sulfonamides is 1. The van der Waals surface area contributed by atoms with Gasteiger partial charge in [0, 0.05) is 6.42 Å². The first-order valence-electron chi connectivity index (χ1n) is 10.9. The minimum Gasteiger partial charge on any atom is -0.497 e. The van der Waals surface area contributed by atoms with Crippen LogP contribution in [-0.4, -0.2) is 39.3 Å². The Labute approximate surface area is 205 Å². The third-order valence-electron chi connectivity index (χ3n) is 5.74. The highest BCUT2D eigenvalue weighted by Gasteiger charge is 2.37. The van der Waals surface area contributed by atoms with Gasteiger partial charge in [-0.05, 0) is 60.0 Å². The van der Waals surface area contributed by atoms with E-state index in [0.717, 1.165) is 28.1 Å². The fourth-order valence-corrected chi connectivity index (χ4v) is 5.44. The smallest absolute Gasteiger partial charge is 0.416 e. The first kappa shape index (κ1) is 25.4. The molecule has 4 rings (SSSR count). The van der Waals surface area contributed by atoms with Crippen LogP contribution in [-0.2, 0) is 21.0 Å². The minimum atomic E-state index is -4.72. The van der Waals surface area contributed by atoms with Crippen LogP contribution in [0.3, 0.4) is 0 Å². The second-order valence-corrected chi connectivity index (χ2v) is 10.0. The predicted molar refractivity (Wildman–Crippen MR) is 126 cm³/mol. The van der Waals surface area contributed by atoms with E-state index < -0.39 is 38.7 Å². The Bertz CT molecular complexity index is 1370. The maximum Gasteiger partial charge on any atom is 0.416 e. The lowest BCUT2D eigenvalue weighted by Gasteiger charge is -2.35. The number of benzene rings is 3. The normalized spacial score (nSPS) is 15.7. The van der Waals surface area contributed by atoms with E-state index in [1.54, 1.807) is 42.5 Å². The lowest BCUT2D eigenvalue weighted by molar-refractivity contribution is -0.138. The molecule has 1 atom stereocenters. The molecule has 190 valence electrons. The van der Waals surface area contributed by atoms with Crippen LogP contribution in [0, 0.1) is 0 Å². The monoisotopic (exact) mass is 521 g/mol. The molecule has 11 heteroatoms. The molecule has 3 aromatic rings. The summed E-state index contributed by atoms with van der Waals surface area (Å²) >= 11 is 0. The van der Waals surface area contributed by atoms with Crippen molar-refractivity contribution >= 4 is 21.7 Å². The van der Waals surface area contributed by atoms with Gasteiger partial charge < -0.3 is 14.6 Å². The lowest BCUT2D eigenvalue weighted by Crippen LogP contribution is -2.43. The van der Waals surface area contributed by atoms with Crippen molar-refractivity contribution in [2.45, 2.75) is 30.0 Å². The molecule has 0 spiro atoms. The zero-order valence-corrected chi connectivity index (χ0v) is 19.8. The zero-order valence-electron chi connectivity index (χ0n) is 19.0. The van der Waals surface area contributed by atoms with E-state index in [4.69, 9.17) is 14.6 Å². The van der Waals surface area contributed by atoms with E-state index in [1.165, 1.54) is 7.11 Å². The van der Waals surface area contributed by atoms with Gasteiger partial charge in [-0.15, -0.1) is 0 Å². The molecule has 3 aromatic carbocycles. The van der Waals surface area contributed by atoms with Gasteiger partial charge in [0.2, 0.25) is 0 Å². The summed E-state index contributed by atoms with van der Waals surface area (Å²) in [5.41, 5.74) is 0.454. The topological polar surface area (TPSA) is 93.1 Å². The van der Waals surface area contributed by atoms with Crippen molar-refractivity contribution in [1.29, 1.82) is 0 Å².